The number of carbonyl (C=O) groups is 1. The van der Waals surface area contributed by atoms with E-state index in [2.05, 4.69) is 5.32 Å². The third-order valence-electron chi connectivity index (χ3n) is 1.86. The van der Waals surface area contributed by atoms with Crippen molar-refractivity contribution in [3.8, 4) is 0 Å². The molecule has 1 aliphatic rings. The van der Waals surface area contributed by atoms with Gasteiger partial charge in [0.15, 0.2) is 0 Å². The predicted molar refractivity (Wildman–Crippen MR) is 57.2 cm³/mol. The number of hydrogen-bond donors (Lipinski definition) is 2. The van der Waals surface area contributed by atoms with Crippen molar-refractivity contribution in [2.45, 2.75) is 46.3 Å². The van der Waals surface area contributed by atoms with Gasteiger partial charge in [-0.3, -0.25) is 0 Å². The first kappa shape index (κ1) is 13.2. The second-order valence-electron chi connectivity index (χ2n) is 3.49. The highest BCUT2D eigenvalue weighted by Gasteiger charge is 2.24. The van der Waals surface area contributed by atoms with E-state index >= 15 is 0 Å². The van der Waals surface area contributed by atoms with Gasteiger partial charge in [-0.05, 0) is 20.3 Å². The lowest BCUT2D eigenvalue weighted by atomic mass is 10.3. The maximum absolute atomic E-state index is 11.3. The van der Waals surface area contributed by atoms with E-state index in [1.807, 2.05) is 27.7 Å². The normalized spacial score (nSPS) is 20.4. The first-order valence-corrected chi connectivity index (χ1v) is 5.33. The monoisotopic (exact) mass is 202 g/mol. The Bertz CT molecular complexity index is 172. The fraction of sp³-hybridized carbons (Fsp3) is 0.900. The Labute approximate surface area is 86.3 Å². The van der Waals surface area contributed by atoms with Crippen molar-refractivity contribution in [2.75, 3.05) is 13.1 Å². The molecule has 1 saturated heterocycles. The minimum Gasteiger partial charge on any atom is -0.391 e. The summed E-state index contributed by atoms with van der Waals surface area (Å²) in [6.07, 6.45) is 0.369. The Morgan fingerprint density at radius 1 is 1.50 bits per heavy atom. The Morgan fingerprint density at radius 2 is 2.07 bits per heavy atom. The van der Waals surface area contributed by atoms with Crippen LogP contribution >= 0.6 is 0 Å². The average Bonchev–Trinajstić information content (AvgIpc) is 2.54. The molecule has 0 aromatic heterocycles. The van der Waals surface area contributed by atoms with E-state index in [4.69, 9.17) is 5.11 Å². The van der Waals surface area contributed by atoms with Gasteiger partial charge >= 0.3 is 6.03 Å². The zero-order valence-corrected chi connectivity index (χ0v) is 9.58. The summed E-state index contributed by atoms with van der Waals surface area (Å²) in [4.78, 5) is 12.9. The number of nitrogens with one attached hydrogen (secondary N) is 1. The quantitative estimate of drug-likeness (QED) is 0.671. The highest BCUT2D eigenvalue weighted by atomic mass is 16.3. The second kappa shape index (κ2) is 6.65. The van der Waals surface area contributed by atoms with Crippen LogP contribution in [0, 0.1) is 0 Å². The molecule has 1 atom stereocenters. The molecule has 1 unspecified atom stereocenters. The van der Waals surface area contributed by atoms with Crippen molar-refractivity contribution in [1.29, 1.82) is 0 Å². The number of rotatable bonds is 1. The molecule has 0 saturated carbocycles. The molecule has 1 aliphatic heterocycles. The van der Waals surface area contributed by atoms with Gasteiger partial charge in [0, 0.05) is 19.1 Å². The van der Waals surface area contributed by atoms with Crippen molar-refractivity contribution in [3.05, 3.63) is 0 Å². The van der Waals surface area contributed by atoms with Gasteiger partial charge in [-0.25, -0.2) is 4.79 Å². The number of hydrogen-bond acceptors (Lipinski definition) is 2. The van der Waals surface area contributed by atoms with E-state index < -0.39 is 0 Å². The van der Waals surface area contributed by atoms with Crippen molar-refractivity contribution in [2.24, 2.45) is 0 Å². The summed E-state index contributed by atoms with van der Waals surface area (Å²) in [7, 11) is 0. The number of nitrogens with zero attached hydrogens (tertiary/aromatic N) is 1. The minimum atomic E-state index is -0.331. The topological polar surface area (TPSA) is 52.6 Å². The van der Waals surface area contributed by atoms with Gasteiger partial charge in [0.25, 0.3) is 0 Å². The fourth-order valence-corrected chi connectivity index (χ4v) is 1.26. The third kappa shape index (κ3) is 4.46. The maximum atomic E-state index is 11.3. The number of carbonyl (C=O) groups excluding carboxylic acids is 1. The highest BCUT2D eigenvalue weighted by Crippen LogP contribution is 2.08. The van der Waals surface area contributed by atoms with Crippen LogP contribution in [0.2, 0.25) is 0 Å². The van der Waals surface area contributed by atoms with Crippen LogP contribution < -0.4 is 5.32 Å². The predicted octanol–water partition coefficient (Wildman–Crippen LogP) is 1.20. The molecule has 0 radical (unpaired) electrons. The number of β-amino-alcohol motifs (C(OH)–C–C–N with tert-alkyl or cyclic N) is 1. The van der Waals surface area contributed by atoms with Crippen LogP contribution in [0.25, 0.3) is 0 Å². The molecular weight excluding hydrogens is 180 g/mol. The first-order valence-electron chi connectivity index (χ1n) is 5.33. The summed E-state index contributed by atoms with van der Waals surface area (Å²) < 4.78 is 0. The van der Waals surface area contributed by atoms with E-state index in [0.29, 0.717) is 19.5 Å². The zero-order valence-electron chi connectivity index (χ0n) is 9.58. The van der Waals surface area contributed by atoms with E-state index in [0.717, 1.165) is 0 Å². The molecule has 2 N–H and O–H groups in total. The molecule has 1 fully saturated rings. The van der Waals surface area contributed by atoms with Crippen molar-refractivity contribution in [1.82, 2.24) is 10.2 Å². The van der Waals surface area contributed by atoms with Gasteiger partial charge in [-0.2, -0.15) is 0 Å². The van der Waals surface area contributed by atoms with Crippen molar-refractivity contribution < 1.29 is 9.90 Å². The van der Waals surface area contributed by atoms with Crippen molar-refractivity contribution >= 4 is 6.03 Å². The zero-order chi connectivity index (χ0) is 11.1. The lowest BCUT2D eigenvalue weighted by molar-refractivity contribution is 0.171. The lowest BCUT2D eigenvalue weighted by Crippen LogP contribution is -2.42. The molecule has 0 aromatic carbocycles. The van der Waals surface area contributed by atoms with Gasteiger partial charge in [0.1, 0.15) is 0 Å². The van der Waals surface area contributed by atoms with Crippen LogP contribution in [0.4, 0.5) is 4.79 Å². The molecule has 0 bridgehead atoms. The van der Waals surface area contributed by atoms with Gasteiger partial charge in [0.05, 0.1) is 6.10 Å². The minimum absolute atomic E-state index is 0.0680. The smallest absolute Gasteiger partial charge is 0.317 e. The number of aliphatic hydroxyl groups is 1. The fourth-order valence-electron chi connectivity index (χ4n) is 1.26. The largest absolute Gasteiger partial charge is 0.391 e. The number of urea groups is 1. The molecule has 0 aliphatic carbocycles. The summed E-state index contributed by atoms with van der Waals surface area (Å²) in [5, 5.41) is 11.9. The Balaban J connectivity index is 0.000000791. The molecular formula is C10H22N2O2. The van der Waals surface area contributed by atoms with Gasteiger partial charge in [0.2, 0.25) is 0 Å². The Morgan fingerprint density at radius 3 is 2.43 bits per heavy atom. The van der Waals surface area contributed by atoms with Crippen LogP contribution in [0.3, 0.4) is 0 Å². The van der Waals surface area contributed by atoms with Gasteiger partial charge in [-0.1, -0.05) is 13.8 Å². The Hall–Kier alpha value is -0.770. The van der Waals surface area contributed by atoms with E-state index in [1.54, 1.807) is 4.90 Å². The summed E-state index contributed by atoms with van der Waals surface area (Å²) >= 11 is 0. The van der Waals surface area contributed by atoms with Crippen molar-refractivity contribution in [3.63, 3.8) is 0 Å². The molecule has 14 heavy (non-hydrogen) atoms. The second-order valence-corrected chi connectivity index (χ2v) is 3.49. The third-order valence-corrected chi connectivity index (χ3v) is 1.86. The SMILES string of the molecule is CC.CC(C)NC(=O)N1CCC(O)C1. The van der Waals surface area contributed by atoms with Crippen LogP contribution in [0.1, 0.15) is 34.1 Å². The molecule has 1 heterocycles. The summed E-state index contributed by atoms with van der Waals surface area (Å²) in [6, 6.07) is 0.0943. The van der Waals surface area contributed by atoms with E-state index in [1.165, 1.54) is 0 Å². The molecule has 0 spiro atoms. The molecule has 2 amide bonds. The van der Waals surface area contributed by atoms with Crippen LogP contribution in [-0.2, 0) is 0 Å². The maximum Gasteiger partial charge on any atom is 0.317 e. The number of likely N-dealkylation sites (tertiary alicyclic amines) is 1. The van der Waals surface area contributed by atoms with Crippen LogP contribution in [0.5, 0.6) is 0 Å². The number of amides is 2. The molecule has 4 nitrogen and oxygen atoms in total. The lowest BCUT2D eigenvalue weighted by Gasteiger charge is -2.18. The van der Waals surface area contributed by atoms with E-state index in [-0.39, 0.29) is 18.2 Å². The standard InChI is InChI=1S/C8H16N2O2.C2H6/c1-6(2)9-8(12)10-4-3-7(11)5-10;1-2/h6-7,11H,3-5H2,1-2H3,(H,9,12);1-2H3. The molecule has 4 heteroatoms. The summed E-state index contributed by atoms with van der Waals surface area (Å²) in [5.41, 5.74) is 0. The Kier molecular flexibility index (Phi) is 6.28. The molecule has 1 rings (SSSR count). The van der Waals surface area contributed by atoms with Crippen LogP contribution in [0.15, 0.2) is 0 Å². The average molecular weight is 202 g/mol. The number of aliphatic hydroxyl groups excluding tert-OH is 1. The van der Waals surface area contributed by atoms with E-state index in [9.17, 15) is 4.79 Å². The first-order chi connectivity index (χ1) is 6.59. The molecule has 84 valence electrons. The molecule has 0 aromatic rings. The van der Waals surface area contributed by atoms with Gasteiger partial charge < -0.3 is 15.3 Å². The van der Waals surface area contributed by atoms with Gasteiger partial charge in [-0.15, -0.1) is 0 Å². The van der Waals surface area contributed by atoms with Crippen LogP contribution in [-0.4, -0.2) is 41.3 Å². The summed E-state index contributed by atoms with van der Waals surface area (Å²) in [6.45, 7) is 8.98. The summed E-state index contributed by atoms with van der Waals surface area (Å²) in [5.74, 6) is 0. The highest BCUT2D eigenvalue weighted by molar-refractivity contribution is 5.74.